The Balaban J connectivity index is 1.79. The SMILES string of the molecule is CC(C)n1cc(OCc2nn(C)c3ccccc23)cn1. The van der Waals surface area contributed by atoms with Crippen molar-refractivity contribution in [1.82, 2.24) is 19.6 Å². The summed E-state index contributed by atoms with van der Waals surface area (Å²) in [5, 5.41) is 9.90. The molecule has 0 atom stereocenters. The van der Waals surface area contributed by atoms with Gasteiger partial charge in [-0.05, 0) is 19.9 Å². The minimum absolute atomic E-state index is 0.336. The summed E-state index contributed by atoms with van der Waals surface area (Å²) in [4.78, 5) is 0. The minimum atomic E-state index is 0.336. The summed E-state index contributed by atoms with van der Waals surface area (Å²) in [5.74, 6) is 0.772. The Morgan fingerprint density at radius 2 is 2.05 bits per heavy atom. The molecule has 3 rings (SSSR count). The predicted molar refractivity (Wildman–Crippen MR) is 77.7 cm³/mol. The van der Waals surface area contributed by atoms with E-state index in [1.165, 1.54) is 0 Å². The molecule has 3 aromatic rings. The Morgan fingerprint density at radius 3 is 2.80 bits per heavy atom. The summed E-state index contributed by atoms with van der Waals surface area (Å²) in [7, 11) is 1.95. The van der Waals surface area contributed by atoms with Gasteiger partial charge in [0.2, 0.25) is 0 Å². The van der Waals surface area contributed by atoms with Crippen LogP contribution in [0.3, 0.4) is 0 Å². The molecule has 104 valence electrons. The van der Waals surface area contributed by atoms with E-state index in [0.717, 1.165) is 22.3 Å². The number of rotatable bonds is 4. The van der Waals surface area contributed by atoms with Crippen molar-refractivity contribution in [3.63, 3.8) is 0 Å². The van der Waals surface area contributed by atoms with Crippen LogP contribution in [0.5, 0.6) is 5.75 Å². The first kappa shape index (κ1) is 12.7. The lowest BCUT2D eigenvalue weighted by Gasteiger charge is -2.03. The molecule has 0 aliphatic heterocycles. The van der Waals surface area contributed by atoms with Gasteiger partial charge in [0.15, 0.2) is 5.75 Å². The summed E-state index contributed by atoms with van der Waals surface area (Å²) in [6.45, 7) is 4.62. The lowest BCUT2D eigenvalue weighted by molar-refractivity contribution is 0.300. The smallest absolute Gasteiger partial charge is 0.157 e. The van der Waals surface area contributed by atoms with Crippen molar-refractivity contribution in [2.75, 3.05) is 0 Å². The quantitative estimate of drug-likeness (QED) is 0.732. The summed E-state index contributed by atoms with van der Waals surface area (Å²) in [6.07, 6.45) is 3.65. The van der Waals surface area contributed by atoms with Gasteiger partial charge >= 0.3 is 0 Å². The van der Waals surface area contributed by atoms with E-state index < -0.39 is 0 Å². The number of fused-ring (bicyclic) bond motifs is 1. The zero-order valence-corrected chi connectivity index (χ0v) is 11.9. The Bertz CT molecular complexity index is 726. The second kappa shape index (κ2) is 5.00. The number of aromatic nitrogens is 4. The lowest BCUT2D eigenvalue weighted by Crippen LogP contribution is -2.00. The monoisotopic (exact) mass is 270 g/mol. The molecule has 0 N–H and O–H groups in total. The topological polar surface area (TPSA) is 44.9 Å². The van der Waals surface area contributed by atoms with E-state index >= 15 is 0 Å². The molecule has 0 aliphatic carbocycles. The van der Waals surface area contributed by atoms with Crippen molar-refractivity contribution in [3.8, 4) is 5.75 Å². The van der Waals surface area contributed by atoms with Crippen LogP contribution in [0.25, 0.3) is 10.9 Å². The van der Waals surface area contributed by atoms with Gasteiger partial charge in [0.1, 0.15) is 12.3 Å². The van der Waals surface area contributed by atoms with E-state index in [0.29, 0.717) is 12.6 Å². The third kappa shape index (κ3) is 2.27. The highest BCUT2D eigenvalue weighted by Crippen LogP contribution is 2.20. The fraction of sp³-hybridized carbons (Fsp3) is 0.333. The standard InChI is InChI=1S/C15H18N4O/c1-11(2)19-9-12(8-16-19)20-10-14-13-6-4-5-7-15(13)18(3)17-14/h4-9,11H,10H2,1-3H3. The molecule has 1 aromatic carbocycles. The third-order valence-corrected chi connectivity index (χ3v) is 3.32. The Labute approximate surface area is 117 Å². The van der Waals surface area contributed by atoms with E-state index in [4.69, 9.17) is 4.74 Å². The highest BCUT2D eigenvalue weighted by Gasteiger charge is 2.09. The van der Waals surface area contributed by atoms with Crippen LogP contribution in [0.2, 0.25) is 0 Å². The van der Waals surface area contributed by atoms with Crippen LogP contribution in [-0.2, 0) is 13.7 Å². The number of hydrogen-bond donors (Lipinski definition) is 0. The van der Waals surface area contributed by atoms with E-state index in [-0.39, 0.29) is 0 Å². The fourth-order valence-corrected chi connectivity index (χ4v) is 2.22. The molecule has 0 aliphatic rings. The maximum atomic E-state index is 5.79. The Kier molecular flexibility index (Phi) is 3.18. The number of ether oxygens (including phenoxy) is 1. The average molecular weight is 270 g/mol. The van der Waals surface area contributed by atoms with E-state index in [9.17, 15) is 0 Å². The van der Waals surface area contributed by atoms with Gasteiger partial charge in [-0.3, -0.25) is 9.36 Å². The van der Waals surface area contributed by atoms with Crippen LogP contribution >= 0.6 is 0 Å². The lowest BCUT2D eigenvalue weighted by atomic mass is 10.2. The highest BCUT2D eigenvalue weighted by atomic mass is 16.5. The molecule has 0 bridgehead atoms. The zero-order valence-electron chi connectivity index (χ0n) is 11.9. The molecule has 2 heterocycles. The van der Waals surface area contributed by atoms with Crippen molar-refractivity contribution in [1.29, 1.82) is 0 Å². The van der Waals surface area contributed by atoms with Crippen LogP contribution in [0.15, 0.2) is 36.7 Å². The Morgan fingerprint density at radius 1 is 1.25 bits per heavy atom. The van der Waals surface area contributed by atoms with Gasteiger partial charge < -0.3 is 4.74 Å². The summed E-state index contributed by atoms with van der Waals surface area (Å²) >= 11 is 0. The van der Waals surface area contributed by atoms with Crippen molar-refractivity contribution in [3.05, 3.63) is 42.4 Å². The normalized spacial score (nSPS) is 11.4. The number of nitrogens with zero attached hydrogens (tertiary/aromatic N) is 4. The fourth-order valence-electron chi connectivity index (χ4n) is 2.22. The first-order valence-corrected chi connectivity index (χ1v) is 6.72. The van der Waals surface area contributed by atoms with E-state index in [2.05, 4.69) is 36.2 Å². The third-order valence-electron chi connectivity index (χ3n) is 3.32. The minimum Gasteiger partial charge on any atom is -0.484 e. The van der Waals surface area contributed by atoms with Crippen LogP contribution in [0, 0.1) is 0 Å². The molecular weight excluding hydrogens is 252 g/mol. The molecule has 2 aromatic heterocycles. The maximum absolute atomic E-state index is 5.79. The van der Waals surface area contributed by atoms with Crippen molar-refractivity contribution in [2.24, 2.45) is 7.05 Å². The number of para-hydroxylation sites is 1. The van der Waals surface area contributed by atoms with Crippen LogP contribution in [0.4, 0.5) is 0 Å². The summed E-state index contributed by atoms with van der Waals surface area (Å²) < 4.78 is 9.55. The van der Waals surface area contributed by atoms with Gasteiger partial charge in [-0.25, -0.2) is 0 Å². The van der Waals surface area contributed by atoms with E-state index in [1.54, 1.807) is 6.20 Å². The van der Waals surface area contributed by atoms with Gasteiger partial charge in [-0.15, -0.1) is 0 Å². The first-order valence-electron chi connectivity index (χ1n) is 6.72. The van der Waals surface area contributed by atoms with Crippen molar-refractivity contribution >= 4 is 10.9 Å². The van der Waals surface area contributed by atoms with Gasteiger partial charge in [0.05, 0.1) is 17.9 Å². The molecule has 0 saturated heterocycles. The second-order valence-corrected chi connectivity index (χ2v) is 5.13. The largest absolute Gasteiger partial charge is 0.484 e. The molecule has 5 nitrogen and oxygen atoms in total. The number of benzene rings is 1. The van der Waals surface area contributed by atoms with Crippen molar-refractivity contribution in [2.45, 2.75) is 26.5 Å². The number of hydrogen-bond acceptors (Lipinski definition) is 3. The van der Waals surface area contributed by atoms with E-state index in [1.807, 2.05) is 34.7 Å². The second-order valence-electron chi connectivity index (χ2n) is 5.13. The summed E-state index contributed by atoms with van der Waals surface area (Å²) in [5.41, 5.74) is 2.06. The zero-order chi connectivity index (χ0) is 14.1. The first-order chi connectivity index (χ1) is 9.65. The predicted octanol–water partition coefficient (Wildman–Crippen LogP) is 2.93. The van der Waals surface area contributed by atoms with Crippen LogP contribution < -0.4 is 4.74 Å². The van der Waals surface area contributed by atoms with Gasteiger partial charge in [0.25, 0.3) is 0 Å². The maximum Gasteiger partial charge on any atom is 0.157 e. The van der Waals surface area contributed by atoms with Crippen LogP contribution in [0.1, 0.15) is 25.6 Å². The number of aryl methyl sites for hydroxylation is 1. The van der Waals surface area contributed by atoms with Crippen molar-refractivity contribution < 1.29 is 4.74 Å². The molecule has 0 radical (unpaired) electrons. The average Bonchev–Trinajstić information content (AvgIpc) is 3.03. The molecule has 0 unspecified atom stereocenters. The van der Waals surface area contributed by atoms with Gasteiger partial charge in [-0.1, -0.05) is 18.2 Å². The molecular formula is C15H18N4O. The van der Waals surface area contributed by atoms with Gasteiger partial charge in [0, 0.05) is 18.5 Å². The highest BCUT2D eigenvalue weighted by molar-refractivity contribution is 5.81. The Hall–Kier alpha value is -2.30. The van der Waals surface area contributed by atoms with Crippen LogP contribution in [-0.4, -0.2) is 19.6 Å². The molecule has 20 heavy (non-hydrogen) atoms. The molecule has 0 spiro atoms. The summed E-state index contributed by atoms with van der Waals surface area (Å²) in [6, 6.07) is 8.50. The molecule has 0 saturated carbocycles. The molecule has 0 amide bonds. The van der Waals surface area contributed by atoms with Gasteiger partial charge in [-0.2, -0.15) is 10.2 Å². The molecule has 5 heteroatoms. The molecule has 0 fully saturated rings.